The van der Waals surface area contributed by atoms with Gasteiger partial charge in [-0.1, -0.05) is 0 Å². The molecule has 1 heterocycles. The average Bonchev–Trinajstić information content (AvgIpc) is 2.29. The van der Waals surface area contributed by atoms with Gasteiger partial charge < -0.3 is 4.74 Å². The summed E-state index contributed by atoms with van der Waals surface area (Å²) in [6.45, 7) is 1.68. The minimum atomic E-state index is -3.68. The summed E-state index contributed by atoms with van der Waals surface area (Å²) in [6, 6.07) is 0. The molecule has 6 heteroatoms. The molecule has 0 unspecified atom stereocenters. The van der Waals surface area contributed by atoms with Crippen LogP contribution in [0.2, 0.25) is 0 Å². The quantitative estimate of drug-likeness (QED) is 0.725. The SMILES string of the molecule is COc1csc(C)c1S(=O)(=O)Cl. The van der Waals surface area contributed by atoms with Crippen LogP contribution in [-0.4, -0.2) is 15.5 Å². The summed E-state index contributed by atoms with van der Waals surface area (Å²) < 4.78 is 26.8. The highest BCUT2D eigenvalue weighted by molar-refractivity contribution is 8.14. The molecule has 0 fully saturated rings. The predicted octanol–water partition coefficient (Wildman–Crippen LogP) is 1.99. The number of ether oxygens (including phenoxy) is 1. The normalized spacial score (nSPS) is 11.6. The van der Waals surface area contributed by atoms with Gasteiger partial charge in [-0.3, -0.25) is 0 Å². The molecule has 68 valence electrons. The molecule has 0 spiro atoms. The van der Waals surface area contributed by atoms with Gasteiger partial charge in [0.15, 0.2) is 0 Å². The Kier molecular flexibility index (Phi) is 2.65. The van der Waals surface area contributed by atoms with Gasteiger partial charge in [0, 0.05) is 20.9 Å². The molecule has 0 aliphatic heterocycles. The van der Waals surface area contributed by atoms with Crippen molar-refractivity contribution in [3.63, 3.8) is 0 Å². The maximum Gasteiger partial charge on any atom is 0.266 e. The van der Waals surface area contributed by atoms with Crippen LogP contribution in [-0.2, 0) is 9.05 Å². The van der Waals surface area contributed by atoms with Gasteiger partial charge in [0.1, 0.15) is 10.6 Å². The van der Waals surface area contributed by atoms with Crippen LogP contribution in [0.3, 0.4) is 0 Å². The standard InChI is InChI=1S/C6H7ClO3S2/c1-4-6(12(7,8)9)5(10-2)3-11-4/h3H,1-2H3. The Labute approximate surface area is 79.3 Å². The Morgan fingerprint density at radius 3 is 2.50 bits per heavy atom. The van der Waals surface area contributed by atoms with Crippen molar-refractivity contribution in [2.45, 2.75) is 11.8 Å². The van der Waals surface area contributed by atoms with Crippen LogP contribution in [0.4, 0.5) is 0 Å². The lowest BCUT2D eigenvalue weighted by molar-refractivity contribution is 0.405. The van der Waals surface area contributed by atoms with Crippen molar-refractivity contribution >= 4 is 31.1 Å². The largest absolute Gasteiger partial charge is 0.494 e. The lowest BCUT2D eigenvalue weighted by Crippen LogP contribution is -1.94. The second kappa shape index (κ2) is 3.24. The fourth-order valence-corrected chi connectivity index (χ4v) is 3.55. The lowest BCUT2D eigenvalue weighted by atomic mass is 10.5. The Hall–Kier alpha value is -0.260. The van der Waals surface area contributed by atoms with Crippen LogP contribution in [0.1, 0.15) is 4.88 Å². The molecule has 0 saturated heterocycles. The van der Waals surface area contributed by atoms with Crippen LogP contribution in [0.15, 0.2) is 10.3 Å². The van der Waals surface area contributed by atoms with Crippen LogP contribution in [0, 0.1) is 6.92 Å². The molecular weight excluding hydrogens is 220 g/mol. The Balaban J connectivity index is 3.39. The zero-order chi connectivity index (χ0) is 9.35. The van der Waals surface area contributed by atoms with Crippen molar-refractivity contribution in [1.82, 2.24) is 0 Å². The first-order valence-corrected chi connectivity index (χ1v) is 6.22. The molecule has 0 atom stereocenters. The Morgan fingerprint density at radius 1 is 1.58 bits per heavy atom. The zero-order valence-corrected chi connectivity index (χ0v) is 8.89. The summed E-state index contributed by atoms with van der Waals surface area (Å²) in [4.78, 5) is 0.721. The van der Waals surface area contributed by atoms with Gasteiger partial charge in [-0.25, -0.2) is 8.42 Å². The monoisotopic (exact) mass is 226 g/mol. The minimum absolute atomic E-state index is 0.0802. The second-order valence-corrected chi connectivity index (χ2v) is 5.71. The molecule has 0 bridgehead atoms. The molecule has 0 aromatic carbocycles. The number of halogens is 1. The minimum Gasteiger partial charge on any atom is -0.494 e. The van der Waals surface area contributed by atoms with Crippen molar-refractivity contribution in [2.24, 2.45) is 0 Å². The number of rotatable bonds is 2. The second-order valence-electron chi connectivity index (χ2n) is 2.13. The highest BCUT2D eigenvalue weighted by atomic mass is 35.7. The smallest absolute Gasteiger partial charge is 0.266 e. The molecule has 0 amide bonds. The van der Waals surface area contributed by atoms with Gasteiger partial charge in [-0.05, 0) is 6.92 Å². The number of methoxy groups -OCH3 is 1. The van der Waals surface area contributed by atoms with Gasteiger partial charge >= 0.3 is 0 Å². The lowest BCUT2D eigenvalue weighted by Gasteiger charge is -1.98. The van der Waals surface area contributed by atoms with Crippen LogP contribution < -0.4 is 4.74 Å². The van der Waals surface area contributed by atoms with E-state index in [-0.39, 0.29) is 4.90 Å². The van der Waals surface area contributed by atoms with Crippen LogP contribution in [0.25, 0.3) is 0 Å². The predicted molar refractivity (Wildman–Crippen MR) is 48.6 cm³/mol. The fraction of sp³-hybridized carbons (Fsp3) is 0.333. The van der Waals surface area contributed by atoms with E-state index in [4.69, 9.17) is 15.4 Å². The van der Waals surface area contributed by atoms with Crippen molar-refractivity contribution in [3.8, 4) is 5.75 Å². The first-order valence-electron chi connectivity index (χ1n) is 3.03. The summed E-state index contributed by atoms with van der Waals surface area (Å²) in [6.07, 6.45) is 0. The summed E-state index contributed by atoms with van der Waals surface area (Å²) in [5, 5.41) is 1.62. The third-order valence-corrected chi connectivity index (χ3v) is 3.83. The van der Waals surface area contributed by atoms with Gasteiger partial charge in [-0.15, -0.1) is 11.3 Å². The van der Waals surface area contributed by atoms with E-state index in [1.165, 1.54) is 18.4 Å². The molecule has 0 aliphatic carbocycles. The molecule has 0 saturated carbocycles. The first kappa shape index (κ1) is 9.83. The summed E-state index contributed by atoms with van der Waals surface area (Å²) in [5.41, 5.74) is 0. The maximum absolute atomic E-state index is 11.0. The molecule has 12 heavy (non-hydrogen) atoms. The van der Waals surface area contributed by atoms with E-state index in [1.54, 1.807) is 12.3 Å². The van der Waals surface area contributed by atoms with Crippen molar-refractivity contribution in [2.75, 3.05) is 7.11 Å². The Morgan fingerprint density at radius 2 is 2.17 bits per heavy atom. The van der Waals surface area contributed by atoms with E-state index in [0.29, 0.717) is 10.6 Å². The number of hydrogen-bond donors (Lipinski definition) is 0. The van der Waals surface area contributed by atoms with Crippen LogP contribution in [0.5, 0.6) is 5.75 Å². The summed E-state index contributed by atoms with van der Waals surface area (Å²) >= 11 is 1.29. The highest BCUT2D eigenvalue weighted by Gasteiger charge is 2.21. The van der Waals surface area contributed by atoms with Crippen molar-refractivity contribution in [1.29, 1.82) is 0 Å². The van der Waals surface area contributed by atoms with E-state index < -0.39 is 9.05 Å². The van der Waals surface area contributed by atoms with E-state index in [2.05, 4.69) is 0 Å². The van der Waals surface area contributed by atoms with Gasteiger partial charge in [0.05, 0.1) is 7.11 Å². The number of aryl methyl sites for hydroxylation is 1. The van der Waals surface area contributed by atoms with Gasteiger partial charge in [0.2, 0.25) is 0 Å². The van der Waals surface area contributed by atoms with E-state index in [0.717, 1.165) is 0 Å². The van der Waals surface area contributed by atoms with E-state index in [1.807, 2.05) is 0 Å². The molecular formula is C6H7ClO3S2. The van der Waals surface area contributed by atoms with Gasteiger partial charge in [0.25, 0.3) is 9.05 Å². The third kappa shape index (κ3) is 1.73. The van der Waals surface area contributed by atoms with Crippen LogP contribution >= 0.6 is 22.0 Å². The van der Waals surface area contributed by atoms with E-state index >= 15 is 0 Å². The third-order valence-electron chi connectivity index (χ3n) is 1.35. The average molecular weight is 227 g/mol. The molecule has 1 aromatic heterocycles. The fourth-order valence-electron chi connectivity index (χ4n) is 0.855. The molecule has 0 radical (unpaired) electrons. The van der Waals surface area contributed by atoms with E-state index in [9.17, 15) is 8.42 Å². The molecule has 0 aliphatic rings. The zero-order valence-electron chi connectivity index (χ0n) is 6.50. The topological polar surface area (TPSA) is 43.4 Å². The molecule has 1 rings (SSSR count). The summed E-state index contributed by atoms with van der Waals surface area (Å²) in [5.74, 6) is 0.313. The van der Waals surface area contributed by atoms with Crippen molar-refractivity contribution < 1.29 is 13.2 Å². The number of thiophene rings is 1. The molecule has 1 aromatic rings. The van der Waals surface area contributed by atoms with Gasteiger partial charge in [-0.2, -0.15) is 0 Å². The first-order chi connectivity index (χ1) is 5.46. The molecule has 3 nitrogen and oxygen atoms in total. The molecule has 0 N–H and O–H groups in total. The summed E-state index contributed by atoms with van der Waals surface area (Å²) in [7, 11) is 2.92. The maximum atomic E-state index is 11.0. The Bertz CT molecular complexity index is 379. The number of hydrogen-bond acceptors (Lipinski definition) is 4. The highest BCUT2D eigenvalue weighted by Crippen LogP contribution is 2.34. The van der Waals surface area contributed by atoms with Crippen molar-refractivity contribution in [3.05, 3.63) is 10.3 Å².